The van der Waals surface area contributed by atoms with Gasteiger partial charge in [-0.3, -0.25) is 9.78 Å². The second kappa shape index (κ2) is 10.8. The molecule has 3 aromatic rings. The number of anilines is 1. The fourth-order valence-electron chi connectivity index (χ4n) is 3.87. The predicted octanol–water partition coefficient (Wildman–Crippen LogP) is 4.64. The van der Waals surface area contributed by atoms with Gasteiger partial charge >= 0.3 is 0 Å². The number of hydrogen-bond donors (Lipinski definition) is 1. The van der Waals surface area contributed by atoms with Gasteiger partial charge in [-0.1, -0.05) is 38.0 Å². The van der Waals surface area contributed by atoms with Gasteiger partial charge in [0.15, 0.2) is 0 Å². The van der Waals surface area contributed by atoms with Gasteiger partial charge in [0.1, 0.15) is 17.3 Å². The zero-order chi connectivity index (χ0) is 22.2. The van der Waals surface area contributed by atoms with E-state index in [1.54, 1.807) is 12.3 Å². The predicted molar refractivity (Wildman–Crippen MR) is 126 cm³/mol. The summed E-state index contributed by atoms with van der Waals surface area (Å²) in [6.07, 6.45) is 6.72. The van der Waals surface area contributed by atoms with Crippen LogP contribution in [0.5, 0.6) is 0 Å². The van der Waals surface area contributed by atoms with Crippen molar-refractivity contribution in [3.8, 4) is 0 Å². The average molecular weight is 420 g/mol. The number of aromatic nitrogens is 3. The molecule has 0 bridgehead atoms. The Balaban J connectivity index is 0.000000179. The van der Waals surface area contributed by atoms with E-state index in [-0.39, 0.29) is 5.91 Å². The van der Waals surface area contributed by atoms with Gasteiger partial charge in [0.2, 0.25) is 0 Å². The first-order chi connectivity index (χ1) is 14.9. The Morgan fingerprint density at radius 1 is 1.03 bits per heavy atom. The molecule has 1 saturated carbocycles. The molecule has 0 spiro atoms. The summed E-state index contributed by atoms with van der Waals surface area (Å²) >= 11 is 0. The quantitative estimate of drug-likeness (QED) is 0.667. The molecule has 1 fully saturated rings. The summed E-state index contributed by atoms with van der Waals surface area (Å²) < 4.78 is 0. The fraction of sp³-hybridized carbons (Fsp3) is 0.440. The van der Waals surface area contributed by atoms with Gasteiger partial charge in [-0.15, -0.1) is 0 Å². The van der Waals surface area contributed by atoms with Crippen molar-refractivity contribution in [3.63, 3.8) is 0 Å². The molecule has 6 heteroatoms. The van der Waals surface area contributed by atoms with Gasteiger partial charge in [0, 0.05) is 32.2 Å². The van der Waals surface area contributed by atoms with Gasteiger partial charge in [-0.05, 0) is 55.9 Å². The lowest BCUT2D eigenvalue weighted by molar-refractivity contribution is 0.0937. The number of benzene rings is 1. The molecule has 2 aromatic heterocycles. The lowest BCUT2D eigenvalue weighted by Gasteiger charge is -2.26. The van der Waals surface area contributed by atoms with E-state index >= 15 is 0 Å². The van der Waals surface area contributed by atoms with E-state index in [4.69, 9.17) is 0 Å². The van der Waals surface area contributed by atoms with Crippen molar-refractivity contribution in [1.82, 2.24) is 20.3 Å². The highest BCUT2D eigenvalue weighted by atomic mass is 16.1. The highest BCUT2D eigenvalue weighted by molar-refractivity contribution is 5.92. The minimum Gasteiger partial charge on any atom is -0.362 e. The maximum absolute atomic E-state index is 11.8. The zero-order valence-electron chi connectivity index (χ0n) is 19.0. The number of aryl methyl sites for hydroxylation is 1. The van der Waals surface area contributed by atoms with E-state index in [0.717, 1.165) is 35.0 Å². The number of para-hydroxylation sites is 1. The van der Waals surface area contributed by atoms with Crippen LogP contribution in [0.2, 0.25) is 0 Å². The summed E-state index contributed by atoms with van der Waals surface area (Å²) in [6, 6.07) is 13.5. The second-order valence-corrected chi connectivity index (χ2v) is 8.56. The van der Waals surface area contributed by atoms with Crippen LogP contribution in [0.1, 0.15) is 48.9 Å². The van der Waals surface area contributed by atoms with Gasteiger partial charge < -0.3 is 10.2 Å². The van der Waals surface area contributed by atoms with Crippen molar-refractivity contribution in [2.24, 2.45) is 11.8 Å². The monoisotopic (exact) mass is 419 g/mol. The minimum absolute atomic E-state index is 0.0516. The summed E-state index contributed by atoms with van der Waals surface area (Å²) in [5, 5.41) is 4.08. The third kappa shape index (κ3) is 6.48. The highest BCUT2D eigenvalue weighted by Gasteiger charge is 2.19. The molecule has 4 rings (SSSR count). The third-order valence-electron chi connectivity index (χ3n) is 5.70. The molecule has 1 aliphatic rings. The standard InChI is InChI=1S/C14H20N2O.C11H13N3/c1-11-5-7-12(8-6-11)10-16-14(17)13-4-2-3-9-15-13;1-8-12-10-7-5-4-6-9(10)11(13-8)14(2)3/h2-4,9,11-12H,5-8,10H2,1H3,(H,16,17);4-7H,1-3H3. The Labute approximate surface area is 185 Å². The molecular weight excluding hydrogens is 386 g/mol. The van der Waals surface area contributed by atoms with Crippen LogP contribution in [-0.4, -0.2) is 41.5 Å². The minimum atomic E-state index is -0.0516. The molecule has 0 atom stereocenters. The number of fused-ring (bicyclic) bond motifs is 1. The van der Waals surface area contributed by atoms with Crippen molar-refractivity contribution in [3.05, 3.63) is 60.2 Å². The molecular formula is C25H33N5O. The van der Waals surface area contributed by atoms with Gasteiger partial charge in [0.05, 0.1) is 5.52 Å². The molecule has 0 unspecified atom stereocenters. The number of carbonyl (C=O) groups excluding carboxylic acids is 1. The van der Waals surface area contributed by atoms with Gasteiger partial charge in [-0.2, -0.15) is 0 Å². The van der Waals surface area contributed by atoms with E-state index in [0.29, 0.717) is 11.6 Å². The fourth-order valence-corrected chi connectivity index (χ4v) is 3.87. The number of carbonyl (C=O) groups is 1. The van der Waals surface area contributed by atoms with Crippen LogP contribution in [0.4, 0.5) is 5.82 Å². The maximum atomic E-state index is 11.8. The smallest absolute Gasteiger partial charge is 0.269 e. The van der Waals surface area contributed by atoms with Crippen LogP contribution in [0.25, 0.3) is 10.9 Å². The number of nitrogens with one attached hydrogen (secondary N) is 1. The summed E-state index contributed by atoms with van der Waals surface area (Å²) in [5.74, 6) is 3.25. The van der Waals surface area contributed by atoms with E-state index in [2.05, 4.69) is 27.2 Å². The molecule has 0 radical (unpaired) electrons. The van der Waals surface area contributed by atoms with Crippen molar-refractivity contribution in [1.29, 1.82) is 0 Å². The lowest BCUT2D eigenvalue weighted by atomic mass is 9.83. The van der Waals surface area contributed by atoms with Crippen LogP contribution in [-0.2, 0) is 0 Å². The average Bonchev–Trinajstić information content (AvgIpc) is 2.79. The Bertz CT molecular complexity index is 982. The molecule has 1 aliphatic carbocycles. The van der Waals surface area contributed by atoms with Crippen molar-refractivity contribution < 1.29 is 4.79 Å². The number of pyridine rings is 1. The number of hydrogen-bond acceptors (Lipinski definition) is 5. The van der Waals surface area contributed by atoms with Crippen molar-refractivity contribution in [2.75, 3.05) is 25.5 Å². The first-order valence-electron chi connectivity index (χ1n) is 11.0. The molecule has 2 heterocycles. The first-order valence-corrected chi connectivity index (χ1v) is 11.0. The van der Waals surface area contributed by atoms with Crippen molar-refractivity contribution in [2.45, 2.75) is 39.5 Å². The largest absolute Gasteiger partial charge is 0.362 e. The Morgan fingerprint density at radius 3 is 2.42 bits per heavy atom. The summed E-state index contributed by atoms with van der Waals surface area (Å²) in [5.41, 5.74) is 1.51. The van der Waals surface area contributed by atoms with Crippen LogP contribution in [0.3, 0.4) is 0 Å². The SMILES string of the molecule is CC1CCC(CNC(=O)c2ccccn2)CC1.Cc1nc(N(C)C)c2ccccc2n1. The van der Waals surface area contributed by atoms with Crippen LogP contribution in [0, 0.1) is 18.8 Å². The Kier molecular flexibility index (Phi) is 7.93. The molecule has 6 nitrogen and oxygen atoms in total. The molecule has 164 valence electrons. The summed E-state index contributed by atoms with van der Waals surface area (Å²) in [4.78, 5) is 26.6. The van der Waals surface area contributed by atoms with Gasteiger partial charge in [0.25, 0.3) is 5.91 Å². The summed E-state index contributed by atoms with van der Waals surface area (Å²) in [6.45, 7) is 5.02. The number of nitrogens with zero attached hydrogens (tertiary/aromatic N) is 4. The Morgan fingerprint density at radius 2 is 1.74 bits per heavy atom. The normalized spacial score (nSPS) is 18.1. The van der Waals surface area contributed by atoms with E-state index in [9.17, 15) is 4.79 Å². The van der Waals surface area contributed by atoms with Crippen molar-refractivity contribution >= 4 is 22.6 Å². The number of rotatable bonds is 4. The van der Waals surface area contributed by atoms with E-state index < -0.39 is 0 Å². The first kappa shape index (κ1) is 22.7. The third-order valence-corrected chi connectivity index (χ3v) is 5.70. The second-order valence-electron chi connectivity index (χ2n) is 8.56. The number of amides is 1. The molecule has 0 saturated heterocycles. The Hall–Kier alpha value is -3.02. The van der Waals surface area contributed by atoms with E-state index in [1.807, 2.05) is 62.3 Å². The van der Waals surface area contributed by atoms with Crippen LogP contribution < -0.4 is 10.2 Å². The lowest BCUT2D eigenvalue weighted by Crippen LogP contribution is -2.31. The molecule has 0 aliphatic heterocycles. The maximum Gasteiger partial charge on any atom is 0.269 e. The highest BCUT2D eigenvalue weighted by Crippen LogP contribution is 2.27. The zero-order valence-corrected chi connectivity index (χ0v) is 19.0. The molecule has 1 N–H and O–H groups in total. The van der Waals surface area contributed by atoms with Gasteiger partial charge in [-0.25, -0.2) is 9.97 Å². The summed E-state index contributed by atoms with van der Waals surface area (Å²) in [7, 11) is 3.99. The molecule has 1 aromatic carbocycles. The van der Waals surface area contributed by atoms with E-state index in [1.165, 1.54) is 25.7 Å². The topological polar surface area (TPSA) is 71.0 Å². The van der Waals surface area contributed by atoms with Crippen LogP contribution in [0.15, 0.2) is 48.7 Å². The molecule has 1 amide bonds. The molecule has 31 heavy (non-hydrogen) atoms. The van der Waals surface area contributed by atoms with Crippen LogP contribution >= 0.6 is 0 Å².